The summed E-state index contributed by atoms with van der Waals surface area (Å²) in [5.74, 6) is -0.840. The number of likely N-dealkylation sites (tertiary alicyclic amines) is 1. The standard InChI is InChI=1S/C24H26Cl2N2O3.ClH/c1-27(22(16-28-13-5-6-14-28)19-7-3-2-4-8-19)23(29)17-31-24(30)12-10-18-9-11-20(25)21(26)15-18;/h2-4,7-12,15,22H,5-6,13-14,16-17H2,1H3;1H/b12-10+;/t22-;/m1./s1. The van der Waals surface area contributed by atoms with Crippen molar-refractivity contribution in [3.63, 3.8) is 0 Å². The molecule has 0 saturated carbocycles. The van der Waals surface area contributed by atoms with E-state index in [1.54, 1.807) is 36.2 Å². The molecule has 3 rings (SSSR count). The van der Waals surface area contributed by atoms with Crippen molar-refractivity contribution < 1.29 is 14.3 Å². The fourth-order valence-corrected chi connectivity index (χ4v) is 3.88. The summed E-state index contributed by atoms with van der Waals surface area (Å²) in [6.45, 7) is 2.53. The summed E-state index contributed by atoms with van der Waals surface area (Å²) in [6.07, 6.45) is 5.20. The van der Waals surface area contributed by atoms with Crippen LogP contribution < -0.4 is 0 Å². The molecule has 1 heterocycles. The van der Waals surface area contributed by atoms with E-state index in [0.29, 0.717) is 15.6 Å². The van der Waals surface area contributed by atoms with Gasteiger partial charge in [-0.05, 0) is 55.3 Å². The molecule has 0 bridgehead atoms. The van der Waals surface area contributed by atoms with Crippen molar-refractivity contribution in [2.75, 3.05) is 33.3 Å². The first-order valence-corrected chi connectivity index (χ1v) is 11.0. The molecule has 32 heavy (non-hydrogen) atoms. The third-order valence-corrected chi connectivity index (χ3v) is 6.11. The van der Waals surface area contributed by atoms with E-state index in [4.69, 9.17) is 27.9 Å². The molecule has 1 aliphatic heterocycles. The number of amides is 1. The Labute approximate surface area is 205 Å². The van der Waals surface area contributed by atoms with Gasteiger partial charge in [-0.25, -0.2) is 4.79 Å². The first-order chi connectivity index (χ1) is 14.9. The number of nitrogens with zero attached hydrogens (tertiary/aromatic N) is 2. The number of benzene rings is 2. The highest BCUT2D eigenvalue weighted by Gasteiger charge is 2.26. The zero-order valence-electron chi connectivity index (χ0n) is 17.9. The zero-order valence-corrected chi connectivity index (χ0v) is 20.2. The van der Waals surface area contributed by atoms with E-state index in [9.17, 15) is 9.59 Å². The van der Waals surface area contributed by atoms with Gasteiger partial charge in [0.25, 0.3) is 5.91 Å². The fourth-order valence-electron chi connectivity index (χ4n) is 3.57. The topological polar surface area (TPSA) is 49.9 Å². The molecule has 1 amide bonds. The maximum Gasteiger partial charge on any atom is 0.331 e. The van der Waals surface area contributed by atoms with E-state index >= 15 is 0 Å². The summed E-state index contributed by atoms with van der Waals surface area (Å²) in [5, 5.41) is 0.843. The Hall–Kier alpha value is -2.05. The number of halogens is 3. The SMILES string of the molecule is CN(C(=O)COC(=O)/C=C/c1ccc(Cl)c(Cl)c1)[C@H](CN1CCCC1)c1ccccc1.Cl. The Balaban J connectivity index is 0.00000363. The molecule has 0 spiro atoms. The predicted octanol–water partition coefficient (Wildman–Crippen LogP) is 5.27. The van der Waals surface area contributed by atoms with Crippen molar-refractivity contribution in [2.24, 2.45) is 0 Å². The monoisotopic (exact) mass is 496 g/mol. The number of ether oxygens (including phenoxy) is 1. The molecule has 172 valence electrons. The van der Waals surface area contributed by atoms with E-state index in [2.05, 4.69) is 4.90 Å². The van der Waals surface area contributed by atoms with Gasteiger partial charge in [-0.3, -0.25) is 4.79 Å². The Morgan fingerprint density at radius 1 is 1.09 bits per heavy atom. The molecule has 2 aromatic rings. The van der Waals surface area contributed by atoms with Crippen LogP contribution in [0.2, 0.25) is 10.0 Å². The third-order valence-electron chi connectivity index (χ3n) is 5.37. The Kier molecular flexibility index (Phi) is 10.5. The molecule has 0 radical (unpaired) electrons. The summed E-state index contributed by atoms with van der Waals surface area (Å²) in [7, 11) is 1.76. The second-order valence-electron chi connectivity index (χ2n) is 7.55. The summed E-state index contributed by atoms with van der Waals surface area (Å²) < 4.78 is 5.17. The molecule has 0 unspecified atom stereocenters. The Morgan fingerprint density at radius 2 is 1.78 bits per heavy atom. The van der Waals surface area contributed by atoms with Gasteiger partial charge < -0.3 is 14.5 Å². The molecule has 1 aliphatic rings. The molecule has 0 aromatic heterocycles. The van der Waals surface area contributed by atoms with Crippen LogP contribution in [0.1, 0.15) is 30.0 Å². The number of likely N-dealkylation sites (N-methyl/N-ethyl adjacent to an activating group) is 1. The first-order valence-electron chi connectivity index (χ1n) is 10.3. The first kappa shape index (κ1) is 26.2. The van der Waals surface area contributed by atoms with Crippen LogP contribution in [0.4, 0.5) is 0 Å². The molecular formula is C24H27Cl3N2O3. The van der Waals surface area contributed by atoms with Crippen molar-refractivity contribution in [1.29, 1.82) is 0 Å². The van der Waals surface area contributed by atoms with Gasteiger partial charge in [0.2, 0.25) is 0 Å². The maximum absolute atomic E-state index is 12.8. The van der Waals surface area contributed by atoms with Crippen molar-refractivity contribution in [3.8, 4) is 0 Å². The maximum atomic E-state index is 12.8. The van der Waals surface area contributed by atoms with Crippen molar-refractivity contribution in [2.45, 2.75) is 18.9 Å². The Bertz CT molecular complexity index is 931. The molecule has 8 heteroatoms. The fraction of sp³-hybridized carbons (Fsp3) is 0.333. The number of rotatable bonds is 8. The number of carbonyl (C=O) groups is 2. The van der Waals surface area contributed by atoms with Crippen LogP contribution in [0, 0.1) is 0 Å². The molecule has 0 N–H and O–H groups in total. The summed E-state index contributed by atoms with van der Waals surface area (Å²) >= 11 is 11.9. The van der Waals surface area contributed by atoms with Gasteiger partial charge in [0.15, 0.2) is 6.61 Å². The number of esters is 1. The zero-order chi connectivity index (χ0) is 22.2. The van der Waals surface area contributed by atoms with E-state index < -0.39 is 5.97 Å². The molecule has 5 nitrogen and oxygen atoms in total. The minimum atomic E-state index is -0.594. The normalized spacial score (nSPS) is 14.7. The van der Waals surface area contributed by atoms with Crippen LogP contribution in [0.3, 0.4) is 0 Å². The lowest BCUT2D eigenvalue weighted by molar-refractivity contribution is -0.148. The van der Waals surface area contributed by atoms with Gasteiger partial charge >= 0.3 is 5.97 Å². The minimum Gasteiger partial charge on any atom is -0.452 e. The molecule has 2 aromatic carbocycles. The largest absolute Gasteiger partial charge is 0.452 e. The van der Waals surface area contributed by atoms with Crippen LogP contribution in [-0.4, -0.2) is 55.0 Å². The van der Waals surface area contributed by atoms with Crippen LogP contribution >= 0.6 is 35.6 Å². The smallest absolute Gasteiger partial charge is 0.331 e. The third kappa shape index (κ3) is 7.52. The Morgan fingerprint density at radius 3 is 2.44 bits per heavy atom. The summed E-state index contributed by atoms with van der Waals surface area (Å²) in [6, 6.07) is 14.9. The highest BCUT2D eigenvalue weighted by atomic mass is 35.5. The second kappa shape index (κ2) is 12.9. The van der Waals surface area contributed by atoms with Crippen LogP contribution in [-0.2, 0) is 14.3 Å². The average Bonchev–Trinajstić information content (AvgIpc) is 3.30. The van der Waals surface area contributed by atoms with Gasteiger partial charge in [-0.15, -0.1) is 12.4 Å². The van der Waals surface area contributed by atoms with Crippen molar-refractivity contribution in [1.82, 2.24) is 9.80 Å². The van der Waals surface area contributed by atoms with Gasteiger partial charge in [-0.2, -0.15) is 0 Å². The molecule has 1 atom stereocenters. The lowest BCUT2D eigenvalue weighted by Crippen LogP contribution is -2.40. The van der Waals surface area contributed by atoms with Crippen LogP contribution in [0.25, 0.3) is 6.08 Å². The van der Waals surface area contributed by atoms with Crippen molar-refractivity contribution in [3.05, 3.63) is 75.8 Å². The van der Waals surface area contributed by atoms with Crippen LogP contribution in [0.15, 0.2) is 54.6 Å². The lowest BCUT2D eigenvalue weighted by atomic mass is 10.0. The lowest BCUT2D eigenvalue weighted by Gasteiger charge is -2.32. The molecular weight excluding hydrogens is 471 g/mol. The quantitative estimate of drug-likeness (QED) is 0.368. The van der Waals surface area contributed by atoms with E-state index in [0.717, 1.165) is 25.2 Å². The van der Waals surface area contributed by atoms with Gasteiger partial charge in [0, 0.05) is 19.7 Å². The number of hydrogen-bond donors (Lipinski definition) is 0. The summed E-state index contributed by atoms with van der Waals surface area (Å²) in [5.41, 5.74) is 1.78. The van der Waals surface area contributed by atoms with E-state index in [1.807, 2.05) is 30.3 Å². The minimum absolute atomic E-state index is 0. The summed E-state index contributed by atoms with van der Waals surface area (Å²) in [4.78, 5) is 28.9. The van der Waals surface area contributed by atoms with Crippen LogP contribution in [0.5, 0.6) is 0 Å². The predicted molar refractivity (Wildman–Crippen MR) is 131 cm³/mol. The second-order valence-corrected chi connectivity index (χ2v) is 8.37. The molecule has 0 aliphatic carbocycles. The van der Waals surface area contributed by atoms with Crippen molar-refractivity contribution >= 4 is 53.6 Å². The van der Waals surface area contributed by atoms with E-state index in [1.165, 1.54) is 18.9 Å². The number of carbonyl (C=O) groups excluding carboxylic acids is 2. The number of hydrogen-bond acceptors (Lipinski definition) is 4. The highest BCUT2D eigenvalue weighted by Crippen LogP contribution is 2.24. The highest BCUT2D eigenvalue weighted by molar-refractivity contribution is 6.42. The molecule has 1 fully saturated rings. The van der Waals surface area contributed by atoms with E-state index in [-0.39, 0.29) is 31.0 Å². The van der Waals surface area contributed by atoms with Gasteiger partial charge in [0.1, 0.15) is 0 Å². The molecule has 1 saturated heterocycles. The average molecular weight is 498 g/mol. The van der Waals surface area contributed by atoms with Gasteiger partial charge in [-0.1, -0.05) is 59.6 Å². The van der Waals surface area contributed by atoms with Gasteiger partial charge in [0.05, 0.1) is 16.1 Å².